The van der Waals surface area contributed by atoms with E-state index in [2.05, 4.69) is 0 Å². The zero-order valence-electron chi connectivity index (χ0n) is 12.4. The molecule has 4 nitrogen and oxygen atoms in total. The molecule has 122 valence electrons. The maximum absolute atomic E-state index is 13.0. The van der Waals surface area contributed by atoms with Crippen molar-refractivity contribution in [2.24, 2.45) is 0 Å². The summed E-state index contributed by atoms with van der Waals surface area (Å²) in [5.41, 5.74) is -0.730. The maximum Gasteiger partial charge on any atom is 0.416 e. The largest absolute Gasteiger partial charge is 0.480 e. The molecule has 0 aliphatic carbocycles. The van der Waals surface area contributed by atoms with Crippen LogP contribution in [0.3, 0.4) is 0 Å². The maximum atomic E-state index is 13.0. The average Bonchev–Trinajstić information content (AvgIpc) is 2.43. The van der Waals surface area contributed by atoms with E-state index in [0.717, 1.165) is 11.0 Å². The summed E-state index contributed by atoms with van der Waals surface area (Å²) in [4.78, 5) is 23.8. The van der Waals surface area contributed by atoms with Crippen LogP contribution >= 0.6 is 0 Å². The molecular weight excluding hydrogens is 299 g/mol. The fourth-order valence-electron chi connectivity index (χ4n) is 2.23. The Labute approximate surface area is 126 Å². The first-order valence-electron chi connectivity index (χ1n) is 6.82. The number of carboxylic acid groups (broad SMARTS) is 1. The molecule has 1 unspecified atom stereocenters. The first kappa shape index (κ1) is 18.0. The number of halogens is 3. The third kappa shape index (κ3) is 4.75. The minimum atomic E-state index is -4.49. The molecule has 1 rings (SSSR count). The van der Waals surface area contributed by atoms with Crippen molar-refractivity contribution >= 4 is 11.9 Å². The van der Waals surface area contributed by atoms with Crippen LogP contribution in [0.1, 0.15) is 37.3 Å². The Morgan fingerprint density at radius 1 is 1.27 bits per heavy atom. The molecule has 0 fully saturated rings. The minimum absolute atomic E-state index is 0.0368. The van der Waals surface area contributed by atoms with Gasteiger partial charge in [0.2, 0.25) is 5.91 Å². The lowest BCUT2D eigenvalue weighted by Crippen LogP contribution is -2.36. The van der Waals surface area contributed by atoms with Crippen LogP contribution in [0.5, 0.6) is 0 Å². The second kappa shape index (κ2) is 7.29. The van der Waals surface area contributed by atoms with Gasteiger partial charge in [-0.3, -0.25) is 9.59 Å². The minimum Gasteiger partial charge on any atom is -0.480 e. The van der Waals surface area contributed by atoms with E-state index in [1.54, 1.807) is 6.92 Å². The number of alkyl halides is 3. The van der Waals surface area contributed by atoms with Crippen LogP contribution in [0, 0.1) is 0 Å². The number of amides is 1. The number of carbonyl (C=O) groups is 2. The van der Waals surface area contributed by atoms with Gasteiger partial charge >= 0.3 is 12.1 Å². The van der Waals surface area contributed by atoms with Gasteiger partial charge in [0, 0.05) is 13.0 Å². The molecule has 1 aromatic carbocycles. The van der Waals surface area contributed by atoms with Crippen molar-refractivity contribution in [1.82, 2.24) is 4.90 Å². The van der Waals surface area contributed by atoms with E-state index in [-0.39, 0.29) is 18.5 Å². The summed E-state index contributed by atoms with van der Waals surface area (Å²) in [5, 5.41) is 8.72. The molecule has 0 bridgehead atoms. The second-order valence-electron chi connectivity index (χ2n) is 4.99. The van der Waals surface area contributed by atoms with E-state index >= 15 is 0 Å². The van der Waals surface area contributed by atoms with E-state index < -0.39 is 36.1 Å². The van der Waals surface area contributed by atoms with Gasteiger partial charge in [0.05, 0.1) is 5.56 Å². The molecule has 1 atom stereocenters. The Kier molecular flexibility index (Phi) is 5.96. The van der Waals surface area contributed by atoms with Crippen molar-refractivity contribution in [3.05, 3.63) is 35.4 Å². The Hall–Kier alpha value is -2.05. The highest BCUT2D eigenvalue weighted by Gasteiger charge is 2.34. The van der Waals surface area contributed by atoms with E-state index in [0.29, 0.717) is 0 Å². The van der Waals surface area contributed by atoms with Gasteiger partial charge < -0.3 is 10.0 Å². The van der Waals surface area contributed by atoms with Crippen LogP contribution in [0.15, 0.2) is 24.3 Å². The lowest BCUT2D eigenvalue weighted by molar-refractivity contribution is -0.144. The highest BCUT2D eigenvalue weighted by atomic mass is 19.4. The molecular formula is C15H18F3NO3. The number of rotatable bonds is 6. The van der Waals surface area contributed by atoms with Crippen molar-refractivity contribution < 1.29 is 27.9 Å². The van der Waals surface area contributed by atoms with Crippen molar-refractivity contribution in [2.45, 2.75) is 32.4 Å². The molecule has 0 aliphatic heterocycles. The lowest BCUT2D eigenvalue weighted by Gasteiger charge is -2.22. The lowest BCUT2D eigenvalue weighted by atomic mass is 9.92. The number of benzene rings is 1. The Balaban J connectivity index is 2.92. The van der Waals surface area contributed by atoms with Gasteiger partial charge in [0.15, 0.2) is 0 Å². The Morgan fingerprint density at radius 2 is 1.86 bits per heavy atom. The van der Waals surface area contributed by atoms with Gasteiger partial charge in [-0.15, -0.1) is 0 Å². The van der Waals surface area contributed by atoms with Gasteiger partial charge in [0.1, 0.15) is 6.54 Å². The first-order chi connectivity index (χ1) is 10.2. The number of carboxylic acids is 1. The fourth-order valence-corrected chi connectivity index (χ4v) is 2.23. The summed E-state index contributed by atoms with van der Waals surface area (Å²) in [6.45, 7) is 2.88. The highest BCUT2D eigenvalue weighted by molar-refractivity contribution is 5.81. The van der Waals surface area contributed by atoms with Crippen LogP contribution in [-0.2, 0) is 15.8 Å². The molecule has 1 amide bonds. The molecule has 1 aromatic rings. The number of aliphatic carboxylic acids is 1. The molecule has 0 radical (unpaired) electrons. The number of carbonyl (C=O) groups excluding carboxylic acids is 1. The smallest absolute Gasteiger partial charge is 0.416 e. The predicted octanol–water partition coefficient (Wildman–Crippen LogP) is 3.13. The molecule has 0 saturated carbocycles. The third-order valence-corrected chi connectivity index (χ3v) is 3.34. The highest BCUT2D eigenvalue weighted by Crippen LogP contribution is 2.36. The van der Waals surface area contributed by atoms with Gasteiger partial charge in [0.25, 0.3) is 0 Å². The van der Waals surface area contributed by atoms with Gasteiger partial charge in [-0.25, -0.2) is 0 Å². The van der Waals surface area contributed by atoms with Gasteiger partial charge in [-0.1, -0.05) is 25.1 Å². The van der Waals surface area contributed by atoms with Crippen molar-refractivity contribution in [1.29, 1.82) is 0 Å². The standard InChI is InChI=1S/C15H18F3NO3/c1-3-19(9-14(21)22)13(20)8-10(2)11-6-4-5-7-12(11)15(16,17)18/h4-7,10H,3,8-9H2,1-2H3,(H,21,22). The van der Waals surface area contributed by atoms with Crippen LogP contribution in [-0.4, -0.2) is 35.0 Å². The van der Waals surface area contributed by atoms with E-state index in [4.69, 9.17) is 5.11 Å². The van der Waals surface area contributed by atoms with E-state index in [9.17, 15) is 22.8 Å². The van der Waals surface area contributed by atoms with Crippen LogP contribution in [0.4, 0.5) is 13.2 Å². The van der Waals surface area contributed by atoms with Crippen LogP contribution < -0.4 is 0 Å². The quantitative estimate of drug-likeness (QED) is 0.877. The van der Waals surface area contributed by atoms with Crippen LogP contribution in [0.2, 0.25) is 0 Å². The molecule has 22 heavy (non-hydrogen) atoms. The van der Waals surface area contributed by atoms with E-state index in [1.807, 2.05) is 0 Å². The number of hydrogen-bond acceptors (Lipinski definition) is 2. The third-order valence-electron chi connectivity index (χ3n) is 3.34. The summed E-state index contributed by atoms with van der Waals surface area (Å²) < 4.78 is 38.9. The van der Waals surface area contributed by atoms with Gasteiger partial charge in [-0.2, -0.15) is 13.2 Å². The molecule has 0 aliphatic rings. The normalized spacial score (nSPS) is 12.8. The summed E-state index contributed by atoms with van der Waals surface area (Å²) >= 11 is 0. The molecule has 0 spiro atoms. The zero-order chi connectivity index (χ0) is 16.9. The van der Waals surface area contributed by atoms with E-state index in [1.165, 1.54) is 25.1 Å². The number of likely N-dealkylation sites (N-methyl/N-ethyl adjacent to an activating group) is 1. The summed E-state index contributed by atoms with van der Waals surface area (Å²) in [6, 6.07) is 5.10. The van der Waals surface area contributed by atoms with Crippen molar-refractivity contribution in [2.75, 3.05) is 13.1 Å². The number of hydrogen-bond donors (Lipinski definition) is 1. The molecule has 1 N–H and O–H groups in total. The van der Waals surface area contributed by atoms with Crippen LogP contribution in [0.25, 0.3) is 0 Å². The summed E-state index contributed by atoms with van der Waals surface area (Å²) in [6.07, 6.45) is -4.66. The van der Waals surface area contributed by atoms with Crippen molar-refractivity contribution in [3.63, 3.8) is 0 Å². The second-order valence-corrected chi connectivity index (χ2v) is 4.99. The zero-order valence-corrected chi connectivity index (χ0v) is 12.4. The Morgan fingerprint density at radius 3 is 2.36 bits per heavy atom. The average molecular weight is 317 g/mol. The molecule has 0 aromatic heterocycles. The molecule has 7 heteroatoms. The fraction of sp³-hybridized carbons (Fsp3) is 0.467. The predicted molar refractivity (Wildman–Crippen MR) is 74.4 cm³/mol. The molecule has 0 heterocycles. The first-order valence-corrected chi connectivity index (χ1v) is 6.82. The summed E-state index contributed by atoms with van der Waals surface area (Å²) in [5.74, 6) is -2.29. The van der Waals surface area contributed by atoms with Crippen molar-refractivity contribution in [3.8, 4) is 0 Å². The molecule has 0 saturated heterocycles. The summed E-state index contributed by atoms with van der Waals surface area (Å²) in [7, 11) is 0. The van der Waals surface area contributed by atoms with Gasteiger partial charge in [-0.05, 0) is 24.5 Å². The SMILES string of the molecule is CCN(CC(=O)O)C(=O)CC(C)c1ccccc1C(F)(F)F. The Bertz CT molecular complexity index is 543. The number of nitrogens with zero attached hydrogens (tertiary/aromatic N) is 1. The topological polar surface area (TPSA) is 57.6 Å². The monoisotopic (exact) mass is 317 g/mol.